The quantitative estimate of drug-likeness (QED) is 0.284. The molecule has 0 N–H and O–H groups in total. The minimum atomic E-state index is 0.507. The maximum atomic E-state index is 2.42. The van der Waals surface area contributed by atoms with Gasteiger partial charge in [-0.2, -0.15) is 0 Å². The number of aryl methyl sites for hydroxylation is 4. The molecular formula is C32H28. The fourth-order valence-electron chi connectivity index (χ4n) is 6.61. The zero-order chi connectivity index (χ0) is 21.1. The van der Waals surface area contributed by atoms with E-state index in [0.717, 1.165) is 25.7 Å². The standard InChI is InChI=1S/C32H28/c1-2-22-7-15-26(16-8-22)30-29(25-13-5-21(1)6-14-25)31-27-17-9-23(10-18-27)3-4-24-11-19-28(20-12-24)32(30)31/h5-20,29-32H,1-4H2. The van der Waals surface area contributed by atoms with Crippen LogP contribution in [0.1, 0.15) is 68.2 Å². The molecule has 0 spiro atoms. The first-order valence-electron chi connectivity index (χ1n) is 12.2. The van der Waals surface area contributed by atoms with Crippen molar-refractivity contribution in [3.63, 3.8) is 0 Å². The minimum Gasteiger partial charge on any atom is -0.0587 e. The molecule has 0 saturated heterocycles. The highest BCUT2D eigenvalue weighted by molar-refractivity contribution is 5.50. The molecule has 0 unspecified atom stereocenters. The summed E-state index contributed by atoms with van der Waals surface area (Å²) in [4.78, 5) is 0. The lowest BCUT2D eigenvalue weighted by molar-refractivity contribution is 0.228. The molecule has 4 aromatic rings. The third-order valence-electron chi connectivity index (χ3n) is 8.41. The van der Waals surface area contributed by atoms with E-state index in [-0.39, 0.29) is 0 Å². The minimum absolute atomic E-state index is 0.507. The number of hydrogen-bond acceptors (Lipinski definition) is 0. The zero-order valence-electron chi connectivity index (χ0n) is 18.4. The monoisotopic (exact) mass is 412 g/mol. The summed E-state index contributed by atoms with van der Waals surface area (Å²) in [6, 6.07) is 38.4. The van der Waals surface area contributed by atoms with Gasteiger partial charge in [0.05, 0.1) is 0 Å². The summed E-state index contributed by atoms with van der Waals surface area (Å²) in [5.41, 5.74) is 11.8. The molecule has 13 rings (SSSR count). The van der Waals surface area contributed by atoms with Crippen molar-refractivity contribution in [3.8, 4) is 0 Å². The fraction of sp³-hybridized carbons (Fsp3) is 0.250. The SMILES string of the molecule is c1cc2ccc1CCc1ccc(cc1)C1C2C2c3ccc(cc3)CCc3ccc(cc3)C12. The van der Waals surface area contributed by atoms with Crippen molar-refractivity contribution in [1.82, 2.24) is 0 Å². The second-order valence-electron chi connectivity index (χ2n) is 10.1. The van der Waals surface area contributed by atoms with Crippen LogP contribution in [0.5, 0.6) is 0 Å². The van der Waals surface area contributed by atoms with Gasteiger partial charge in [0.25, 0.3) is 0 Å². The molecule has 8 bridgehead atoms. The van der Waals surface area contributed by atoms with E-state index in [9.17, 15) is 0 Å². The van der Waals surface area contributed by atoms with Crippen molar-refractivity contribution >= 4 is 0 Å². The number of rotatable bonds is 0. The lowest BCUT2D eigenvalue weighted by atomic mass is 9.49. The van der Waals surface area contributed by atoms with E-state index in [1.165, 1.54) is 44.5 Å². The van der Waals surface area contributed by atoms with Gasteiger partial charge in [-0.3, -0.25) is 0 Å². The molecule has 0 aliphatic heterocycles. The fourth-order valence-corrected chi connectivity index (χ4v) is 6.61. The van der Waals surface area contributed by atoms with E-state index in [1.807, 2.05) is 0 Å². The highest BCUT2D eigenvalue weighted by Gasteiger charge is 2.52. The first-order valence-corrected chi connectivity index (χ1v) is 12.2. The Morgan fingerprint density at radius 1 is 0.281 bits per heavy atom. The summed E-state index contributed by atoms with van der Waals surface area (Å²) in [6.07, 6.45) is 4.47. The zero-order valence-corrected chi connectivity index (χ0v) is 18.4. The molecule has 0 atom stereocenters. The van der Waals surface area contributed by atoms with Crippen LogP contribution in [0.15, 0.2) is 97.1 Å². The summed E-state index contributed by atoms with van der Waals surface area (Å²) < 4.78 is 0. The Kier molecular flexibility index (Phi) is 4.15. The molecule has 0 heterocycles. The third-order valence-corrected chi connectivity index (χ3v) is 8.41. The van der Waals surface area contributed by atoms with Gasteiger partial charge in [0.1, 0.15) is 0 Å². The van der Waals surface area contributed by atoms with Gasteiger partial charge in [-0.25, -0.2) is 0 Å². The van der Waals surface area contributed by atoms with Crippen LogP contribution in [-0.4, -0.2) is 0 Å². The molecule has 1 fully saturated rings. The van der Waals surface area contributed by atoms with Crippen molar-refractivity contribution in [2.24, 2.45) is 0 Å². The van der Waals surface area contributed by atoms with E-state index in [4.69, 9.17) is 0 Å². The predicted molar refractivity (Wildman–Crippen MR) is 132 cm³/mol. The van der Waals surface area contributed by atoms with E-state index >= 15 is 0 Å². The Morgan fingerprint density at radius 2 is 0.469 bits per heavy atom. The highest BCUT2D eigenvalue weighted by atomic mass is 14.5. The second-order valence-corrected chi connectivity index (χ2v) is 10.1. The second kappa shape index (κ2) is 7.20. The average Bonchev–Trinajstić information content (AvgIpc) is 2.82. The van der Waals surface area contributed by atoms with Gasteiger partial charge in [-0.15, -0.1) is 0 Å². The third kappa shape index (κ3) is 2.89. The van der Waals surface area contributed by atoms with E-state index < -0.39 is 0 Å². The predicted octanol–water partition coefficient (Wildman–Crippen LogP) is 7.33. The number of benzene rings is 4. The van der Waals surface area contributed by atoms with Gasteiger partial charge >= 0.3 is 0 Å². The maximum Gasteiger partial charge on any atom is -0.00120 e. The van der Waals surface area contributed by atoms with Crippen LogP contribution in [0.25, 0.3) is 0 Å². The van der Waals surface area contributed by atoms with Crippen LogP contribution in [-0.2, 0) is 25.7 Å². The lowest BCUT2D eigenvalue weighted by Gasteiger charge is -2.54. The molecule has 9 aliphatic rings. The molecule has 32 heavy (non-hydrogen) atoms. The topological polar surface area (TPSA) is 0 Å². The van der Waals surface area contributed by atoms with Gasteiger partial charge in [0.2, 0.25) is 0 Å². The van der Waals surface area contributed by atoms with E-state index in [0.29, 0.717) is 23.7 Å². The van der Waals surface area contributed by atoms with Gasteiger partial charge in [-0.1, -0.05) is 97.1 Å². The Labute approximate surface area is 191 Å². The summed E-state index contributed by atoms with van der Waals surface area (Å²) in [5, 5.41) is 0. The van der Waals surface area contributed by atoms with Crippen molar-refractivity contribution in [3.05, 3.63) is 142 Å². The van der Waals surface area contributed by atoms with Crippen molar-refractivity contribution in [2.75, 3.05) is 0 Å². The molecule has 0 nitrogen and oxygen atoms in total. The lowest BCUT2D eigenvalue weighted by Crippen LogP contribution is -2.40. The molecule has 0 aromatic heterocycles. The number of hydrogen-bond donors (Lipinski definition) is 0. The molecule has 1 saturated carbocycles. The first-order chi connectivity index (χ1) is 15.8. The van der Waals surface area contributed by atoms with Crippen LogP contribution < -0.4 is 0 Å². The molecule has 4 aromatic carbocycles. The van der Waals surface area contributed by atoms with E-state index in [1.54, 1.807) is 0 Å². The molecule has 0 amide bonds. The Balaban J connectivity index is 1.45. The van der Waals surface area contributed by atoms with Crippen LogP contribution in [0.4, 0.5) is 0 Å². The van der Waals surface area contributed by atoms with Crippen molar-refractivity contribution < 1.29 is 0 Å². The molecule has 0 heteroatoms. The summed E-state index contributed by atoms with van der Waals surface area (Å²) >= 11 is 0. The average molecular weight is 413 g/mol. The maximum absolute atomic E-state index is 2.42. The van der Waals surface area contributed by atoms with Crippen molar-refractivity contribution in [2.45, 2.75) is 49.4 Å². The first kappa shape index (κ1) is 18.5. The van der Waals surface area contributed by atoms with Gasteiger partial charge in [0.15, 0.2) is 0 Å². The highest BCUT2D eigenvalue weighted by Crippen LogP contribution is 2.66. The van der Waals surface area contributed by atoms with E-state index in [2.05, 4.69) is 97.1 Å². The van der Waals surface area contributed by atoms with Gasteiger partial charge in [-0.05, 0) is 93.9 Å². The van der Waals surface area contributed by atoms with Crippen LogP contribution in [0.3, 0.4) is 0 Å². The smallest absolute Gasteiger partial charge is 0.00120 e. The van der Waals surface area contributed by atoms with Crippen LogP contribution in [0.2, 0.25) is 0 Å². The van der Waals surface area contributed by atoms with Gasteiger partial charge < -0.3 is 0 Å². The largest absolute Gasteiger partial charge is 0.0587 e. The Hall–Kier alpha value is -3.12. The van der Waals surface area contributed by atoms with Crippen molar-refractivity contribution in [1.29, 1.82) is 0 Å². The molecule has 156 valence electrons. The normalized spacial score (nSPS) is 25.0. The van der Waals surface area contributed by atoms with Gasteiger partial charge in [0, 0.05) is 0 Å². The Bertz CT molecular complexity index is 1030. The molecule has 9 aliphatic carbocycles. The van der Waals surface area contributed by atoms with Crippen LogP contribution in [0, 0.1) is 0 Å². The van der Waals surface area contributed by atoms with Crippen LogP contribution >= 0.6 is 0 Å². The summed E-state index contributed by atoms with van der Waals surface area (Å²) in [5.74, 6) is 2.03. The summed E-state index contributed by atoms with van der Waals surface area (Å²) in [6.45, 7) is 0. The molecule has 0 radical (unpaired) electrons. The Morgan fingerprint density at radius 3 is 0.656 bits per heavy atom. The summed E-state index contributed by atoms with van der Waals surface area (Å²) in [7, 11) is 0. The molecular weight excluding hydrogens is 384 g/mol.